The zero-order valence-electron chi connectivity index (χ0n) is 11.1. The van der Waals surface area contributed by atoms with Crippen LogP contribution in [0.1, 0.15) is 17.6 Å². The van der Waals surface area contributed by atoms with Gasteiger partial charge in [0.1, 0.15) is 12.4 Å². The first-order valence-corrected chi connectivity index (χ1v) is 6.27. The molecule has 1 aliphatic rings. The fourth-order valence-electron chi connectivity index (χ4n) is 2.05. The average molecular weight is 273 g/mol. The third kappa shape index (κ3) is 2.50. The largest absolute Gasteiger partial charge is 0.485 e. The molecule has 0 amide bonds. The maximum Gasteiger partial charge on any atom is 0.192 e. The first-order valence-electron chi connectivity index (χ1n) is 6.27. The molecule has 0 saturated heterocycles. The van der Waals surface area contributed by atoms with E-state index in [2.05, 4.69) is 9.97 Å². The Balaban J connectivity index is 1.87. The van der Waals surface area contributed by atoms with E-state index in [-0.39, 0.29) is 6.10 Å². The Bertz CT molecular complexity index is 618. The van der Waals surface area contributed by atoms with E-state index in [0.717, 1.165) is 11.4 Å². The van der Waals surface area contributed by atoms with Gasteiger partial charge in [0.2, 0.25) is 0 Å². The van der Waals surface area contributed by atoms with E-state index >= 15 is 0 Å². The van der Waals surface area contributed by atoms with Crippen molar-refractivity contribution >= 4 is 5.82 Å². The predicted octanol–water partition coefficient (Wildman–Crippen LogP) is 1.72. The van der Waals surface area contributed by atoms with Gasteiger partial charge in [-0.15, -0.1) is 0 Å². The Morgan fingerprint density at radius 1 is 1.30 bits per heavy atom. The Kier molecular flexibility index (Phi) is 3.39. The summed E-state index contributed by atoms with van der Waals surface area (Å²) >= 11 is 0. The molecule has 0 spiro atoms. The second-order valence-corrected chi connectivity index (χ2v) is 4.44. The van der Waals surface area contributed by atoms with Crippen molar-refractivity contribution in [3.05, 3.63) is 41.9 Å². The minimum Gasteiger partial charge on any atom is -0.485 e. The van der Waals surface area contributed by atoms with Gasteiger partial charge in [-0.2, -0.15) is 0 Å². The molecule has 1 atom stereocenters. The fourth-order valence-corrected chi connectivity index (χ4v) is 2.05. The lowest BCUT2D eigenvalue weighted by atomic mass is 10.2. The molecule has 6 heteroatoms. The van der Waals surface area contributed by atoms with Crippen LogP contribution in [0.2, 0.25) is 0 Å². The van der Waals surface area contributed by atoms with Crippen LogP contribution < -0.4 is 15.2 Å². The Labute approximate surface area is 116 Å². The van der Waals surface area contributed by atoms with Crippen molar-refractivity contribution in [2.75, 3.05) is 19.5 Å². The fraction of sp³-hybridized carbons (Fsp3) is 0.286. The minimum atomic E-state index is -0.371. The molecule has 2 heterocycles. The normalized spacial score (nSPS) is 16.9. The number of hydrogen-bond acceptors (Lipinski definition) is 6. The topological polar surface area (TPSA) is 79.5 Å². The lowest BCUT2D eigenvalue weighted by molar-refractivity contribution is 0.0845. The van der Waals surface area contributed by atoms with Crippen molar-refractivity contribution in [1.29, 1.82) is 0 Å². The average Bonchev–Trinajstić information content (AvgIpc) is 2.46. The van der Waals surface area contributed by atoms with E-state index in [4.69, 9.17) is 19.9 Å². The van der Waals surface area contributed by atoms with E-state index in [0.29, 0.717) is 30.6 Å². The highest BCUT2D eigenvalue weighted by Gasteiger charge is 2.25. The molecule has 0 fully saturated rings. The van der Waals surface area contributed by atoms with Gasteiger partial charge < -0.3 is 19.9 Å². The first kappa shape index (κ1) is 12.7. The summed E-state index contributed by atoms with van der Waals surface area (Å²) in [6, 6.07) is 9.19. The summed E-state index contributed by atoms with van der Waals surface area (Å²) in [5.41, 5.74) is 6.51. The SMILES string of the molecule is COCc1cc(N)nc(C2COc3ccccc3O2)n1. The smallest absolute Gasteiger partial charge is 0.192 e. The van der Waals surface area contributed by atoms with Crippen LogP contribution in [0.3, 0.4) is 0 Å². The van der Waals surface area contributed by atoms with Crippen LogP contribution in [0, 0.1) is 0 Å². The summed E-state index contributed by atoms with van der Waals surface area (Å²) < 4.78 is 16.6. The van der Waals surface area contributed by atoms with E-state index in [1.807, 2.05) is 24.3 Å². The Hall–Kier alpha value is -2.34. The molecule has 1 unspecified atom stereocenters. The van der Waals surface area contributed by atoms with E-state index in [1.165, 1.54) is 0 Å². The minimum absolute atomic E-state index is 0.354. The van der Waals surface area contributed by atoms with Gasteiger partial charge in [-0.25, -0.2) is 9.97 Å². The van der Waals surface area contributed by atoms with Crippen molar-refractivity contribution in [2.24, 2.45) is 0 Å². The number of hydrogen-bond donors (Lipinski definition) is 1. The van der Waals surface area contributed by atoms with Gasteiger partial charge in [-0.1, -0.05) is 12.1 Å². The van der Waals surface area contributed by atoms with Gasteiger partial charge >= 0.3 is 0 Å². The molecule has 0 bridgehead atoms. The highest BCUT2D eigenvalue weighted by atomic mass is 16.6. The second-order valence-electron chi connectivity index (χ2n) is 4.44. The molecule has 0 aliphatic carbocycles. The van der Waals surface area contributed by atoms with Gasteiger partial charge in [0.15, 0.2) is 23.4 Å². The number of benzene rings is 1. The molecule has 20 heavy (non-hydrogen) atoms. The lowest BCUT2D eigenvalue weighted by Gasteiger charge is -2.25. The first-order chi connectivity index (χ1) is 9.76. The van der Waals surface area contributed by atoms with Crippen LogP contribution in [0.15, 0.2) is 30.3 Å². The summed E-state index contributed by atoms with van der Waals surface area (Å²) in [6.07, 6.45) is -0.371. The zero-order valence-corrected chi connectivity index (χ0v) is 11.1. The summed E-state index contributed by atoms with van der Waals surface area (Å²) in [5, 5.41) is 0. The number of rotatable bonds is 3. The highest BCUT2D eigenvalue weighted by molar-refractivity contribution is 5.41. The van der Waals surface area contributed by atoms with Crippen LogP contribution >= 0.6 is 0 Å². The van der Waals surface area contributed by atoms with Crippen LogP contribution in [0.4, 0.5) is 5.82 Å². The van der Waals surface area contributed by atoms with Crippen molar-refractivity contribution in [3.63, 3.8) is 0 Å². The van der Waals surface area contributed by atoms with Gasteiger partial charge in [-0.3, -0.25) is 0 Å². The molecule has 2 N–H and O–H groups in total. The summed E-state index contributed by atoms with van der Waals surface area (Å²) in [4.78, 5) is 8.62. The summed E-state index contributed by atoms with van der Waals surface area (Å²) in [5.74, 6) is 2.31. The van der Waals surface area contributed by atoms with Crippen molar-refractivity contribution in [1.82, 2.24) is 9.97 Å². The molecule has 104 valence electrons. The predicted molar refractivity (Wildman–Crippen MR) is 72.5 cm³/mol. The quantitative estimate of drug-likeness (QED) is 0.917. The number of ether oxygens (including phenoxy) is 3. The number of nitrogens with two attached hydrogens (primary N) is 1. The molecular weight excluding hydrogens is 258 g/mol. The molecule has 1 aromatic carbocycles. The maximum absolute atomic E-state index is 5.86. The summed E-state index contributed by atoms with van der Waals surface area (Å²) in [7, 11) is 1.61. The van der Waals surface area contributed by atoms with Gasteiger partial charge in [0.05, 0.1) is 12.3 Å². The molecular formula is C14H15N3O3. The van der Waals surface area contributed by atoms with Crippen LogP contribution in [0.25, 0.3) is 0 Å². The number of fused-ring (bicyclic) bond motifs is 1. The third-order valence-electron chi connectivity index (χ3n) is 2.91. The Morgan fingerprint density at radius 2 is 2.10 bits per heavy atom. The van der Waals surface area contributed by atoms with Crippen molar-refractivity contribution in [2.45, 2.75) is 12.7 Å². The number of aromatic nitrogens is 2. The third-order valence-corrected chi connectivity index (χ3v) is 2.91. The van der Waals surface area contributed by atoms with E-state index < -0.39 is 0 Å². The number of para-hydroxylation sites is 2. The van der Waals surface area contributed by atoms with Crippen LogP contribution in [0.5, 0.6) is 11.5 Å². The highest BCUT2D eigenvalue weighted by Crippen LogP contribution is 2.35. The van der Waals surface area contributed by atoms with Crippen LogP contribution in [-0.2, 0) is 11.3 Å². The molecule has 3 rings (SSSR count). The molecule has 2 aromatic rings. The van der Waals surface area contributed by atoms with E-state index in [1.54, 1.807) is 13.2 Å². The number of nitrogens with zero attached hydrogens (tertiary/aromatic N) is 2. The summed E-state index contributed by atoms with van der Waals surface area (Å²) in [6.45, 7) is 0.733. The van der Waals surface area contributed by atoms with E-state index in [9.17, 15) is 0 Å². The van der Waals surface area contributed by atoms with Gasteiger partial charge in [0.25, 0.3) is 0 Å². The molecule has 1 aromatic heterocycles. The lowest BCUT2D eigenvalue weighted by Crippen LogP contribution is -2.24. The molecule has 0 radical (unpaired) electrons. The van der Waals surface area contributed by atoms with Gasteiger partial charge in [-0.05, 0) is 12.1 Å². The molecule has 6 nitrogen and oxygen atoms in total. The molecule has 1 aliphatic heterocycles. The van der Waals surface area contributed by atoms with Gasteiger partial charge in [0, 0.05) is 13.2 Å². The van der Waals surface area contributed by atoms with Crippen molar-refractivity contribution in [3.8, 4) is 11.5 Å². The second kappa shape index (κ2) is 5.34. The number of nitrogen functional groups attached to an aromatic ring is 1. The maximum atomic E-state index is 5.86. The number of methoxy groups -OCH3 is 1. The van der Waals surface area contributed by atoms with Crippen LogP contribution in [-0.4, -0.2) is 23.7 Å². The van der Waals surface area contributed by atoms with Crippen molar-refractivity contribution < 1.29 is 14.2 Å². The standard InChI is InChI=1S/C14H15N3O3/c1-18-7-9-6-13(15)17-14(16-9)12-8-19-10-4-2-3-5-11(10)20-12/h2-6,12H,7-8H2,1H3,(H2,15,16,17). The Morgan fingerprint density at radius 3 is 2.90 bits per heavy atom. The molecule has 0 saturated carbocycles. The monoisotopic (exact) mass is 273 g/mol. The number of anilines is 1. The zero-order chi connectivity index (χ0) is 13.9.